The van der Waals surface area contributed by atoms with Crippen molar-refractivity contribution in [2.45, 2.75) is 38.6 Å². The molecule has 1 aromatic carbocycles. The number of fused-ring (bicyclic) bond motifs is 2. The van der Waals surface area contributed by atoms with Crippen molar-refractivity contribution in [3.63, 3.8) is 0 Å². The van der Waals surface area contributed by atoms with E-state index in [-0.39, 0.29) is 18.1 Å². The van der Waals surface area contributed by atoms with E-state index < -0.39 is 0 Å². The molecular formula is C28H33N7O2. The third kappa shape index (κ3) is 4.68. The molecule has 0 aliphatic carbocycles. The largest absolute Gasteiger partial charge is 0.493 e. The molecule has 0 radical (unpaired) electrons. The van der Waals surface area contributed by atoms with Crippen molar-refractivity contribution in [1.29, 1.82) is 5.26 Å². The van der Waals surface area contributed by atoms with Crippen LogP contribution in [0.15, 0.2) is 36.4 Å². The van der Waals surface area contributed by atoms with Crippen LogP contribution in [0.5, 0.6) is 5.88 Å². The number of morpholine rings is 1. The van der Waals surface area contributed by atoms with Crippen molar-refractivity contribution in [2.24, 2.45) is 0 Å². The van der Waals surface area contributed by atoms with Gasteiger partial charge in [0.25, 0.3) is 0 Å². The van der Waals surface area contributed by atoms with Gasteiger partial charge in [0.15, 0.2) is 0 Å². The van der Waals surface area contributed by atoms with Gasteiger partial charge in [-0.15, -0.1) is 0 Å². The molecule has 3 aliphatic heterocycles. The first-order valence-corrected chi connectivity index (χ1v) is 13.1. The molecule has 0 saturated carbocycles. The number of aromatic hydroxyl groups is 1. The Bertz CT molecular complexity index is 1350. The van der Waals surface area contributed by atoms with Gasteiger partial charge in [-0.25, -0.2) is 9.97 Å². The van der Waals surface area contributed by atoms with E-state index in [1.54, 1.807) is 12.1 Å². The molecule has 9 nitrogen and oxygen atoms in total. The number of anilines is 2. The summed E-state index contributed by atoms with van der Waals surface area (Å²) in [6.07, 6.45) is 0.166. The van der Waals surface area contributed by atoms with Gasteiger partial charge in [-0.3, -0.25) is 4.90 Å². The Labute approximate surface area is 217 Å². The van der Waals surface area contributed by atoms with Crippen LogP contribution in [-0.4, -0.2) is 78.0 Å². The van der Waals surface area contributed by atoms with E-state index in [9.17, 15) is 10.4 Å². The first-order chi connectivity index (χ1) is 18.0. The SMILES string of the molecule is CC1CN(c2ccc(C#N)c3nc(O)ccc23)CC(CN2CCN(c3ccc4c(n3)CNC4C)CC2)O1. The van der Waals surface area contributed by atoms with Crippen LogP contribution in [0.3, 0.4) is 0 Å². The zero-order chi connectivity index (χ0) is 25.5. The lowest BCUT2D eigenvalue weighted by molar-refractivity contribution is -0.0327. The van der Waals surface area contributed by atoms with E-state index in [2.05, 4.69) is 57.0 Å². The van der Waals surface area contributed by atoms with E-state index in [1.165, 1.54) is 11.3 Å². The Morgan fingerprint density at radius 3 is 2.68 bits per heavy atom. The van der Waals surface area contributed by atoms with Crippen LogP contribution >= 0.6 is 0 Å². The summed E-state index contributed by atoms with van der Waals surface area (Å²) in [5.41, 5.74) is 4.53. The minimum Gasteiger partial charge on any atom is -0.493 e. The molecule has 37 heavy (non-hydrogen) atoms. The van der Waals surface area contributed by atoms with Crippen LogP contribution in [-0.2, 0) is 11.3 Å². The number of hydrogen-bond donors (Lipinski definition) is 2. The molecule has 5 heterocycles. The zero-order valence-corrected chi connectivity index (χ0v) is 21.4. The van der Waals surface area contributed by atoms with Crippen molar-refractivity contribution in [2.75, 3.05) is 55.6 Å². The van der Waals surface area contributed by atoms with E-state index in [0.29, 0.717) is 17.1 Å². The second-order valence-corrected chi connectivity index (χ2v) is 10.4. The highest BCUT2D eigenvalue weighted by Crippen LogP contribution is 2.32. The minimum atomic E-state index is -0.0742. The predicted molar refractivity (Wildman–Crippen MR) is 143 cm³/mol. The smallest absolute Gasteiger partial charge is 0.211 e. The third-order valence-electron chi connectivity index (χ3n) is 7.80. The Kier molecular flexibility index (Phi) is 6.32. The second kappa shape index (κ2) is 9.78. The van der Waals surface area contributed by atoms with Crippen LogP contribution < -0.4 is 15.1 Å². The Balaban J connectivity index is 1.12. The fourth-order valence-corrected chi connectivity index (χ4v) is 5.92. The van der Waals surface area contributed by atoms with Crippen LogP contribution in [0.1, 0.15) is 36.7 Å². The van der Waals surface area contributed by atoms with Crippen LogP contribution in [0.25, 0.3) is 10.9 Å². The van der Waals surface area contributed by atoms with Gasteiger partial charge in [-0.05, 0) is 43.7 Å². The van der Waals surface area contributed by atoms with E-state index >= 15 is 0 Å². The molecular weight excluding hydrogens is 466 g/mol. The van der Waals surface area contributed by atoms with Gasteiger partial charge in [0.2, 0.25) is 5.88 Å². The Hall–Kier alpha value is -3.45. The van der Waals surface area contributed by atoms with Crippen molar-refractivity contribution in [3.8, 4) is 11.9 Å². The molecule has 0 spiro atoms. The van der Waals surface area contributed by atoms with Crippen molar-refractivity contribution in [3.05, 3.63) is 53.2 Å². The van der Waals surface area contributed by atoms with Gasteiger partial charge in [0.05, 0.1) is 29.0 Å². The second-order valence-electron chi connectivity index (χ2n) is 10.4. The summed E-state index contributed by atoms with van der Waals surface area (Å²) < 4.78 is 6.36. The highest BCUT2D eigenvalue weighted by atomic mass is 16.5. The third-order valence-corrected chi connectivity index (χ3v) is 7.80. The average Bonchev–Trinajstić information content (AvgIpc) is 3.28. The van der Waals surface area contributed by atoms with E-state index in [1.807, 2.05) is 12.1 Å². The van der Waals surface area contributed by atoms with Gasteiger partial charge in [0, 0.05) is 75.5 Å². The van der Waals surface area contributed by atoms with Crippen LogP contribution in [0.2, 0.25) is 0 Å². The lowest BCUT2D eigenvalue weighted by atomic mass is 10.1. The molecule has 0 bridgehead atoms. The first kappa shape index (κ1) is 23.9. The Morgan fingerprint density at radius 2 is 1.86 bits per heavy atom. The number of aromatic nitrogens is 2. The van der Waals surface area contributed by atoms with Gasteiger partial charge >= 0.3 is 0 Å². The fraction of sp³-hybridized carbons (Fsp3) is 0.464. The lowest BCUT2D eigenvalue weighted by Crippen LogP contribution is -2.54. The normalized spacial score (nSPS) is 24.3. The molecule has 9 heteroatoms. The van der Waals surface area contributed by atoms with Gasteiger partial charge in [-0.1, -0.05) is 6.07 Å². The summed E-state index contributed by atoms with van der Waals surface area (Å²) in [6.45, 7) is 11.4. The molecule has 2 saturated heterocycles. The maximum Gasteiger partial charge on any atom is 0.211 e. The molecule has 3 aliphatic rings. The van der Waals surface area contributed by atoms with Gasteiger partial charge in [0.1, 0.15) is 11.9 Å². The maximum atomic E-state index is 9.89. The number of nitrogens with one attached hydrogen (secondary N) is 1. The summed E-state index contributed by atoms with van der Waals surface area (Å²) >= 11 is 0. The molecule has 3 atom stereocenters. The fourth-order valence-electron chi connectivity index (χ4n) is 5.92. The minimum absolute atomic E-state index is 0.0742. The number of nitriles is 1. The zero-order valence-electron chi connectivity index (χ0n) is 21.4. The summed E-state index contributed by atoms with van der Waals surface area (Å²) in [7, 11) is 0. The number of ether oxygens (including phenoxy) is 1. The topological polar surface area (TPSA) is 101 Å². The van der Waals surface area contributed by atoms with E-state index in [0.717, 1.165) is 69.2 Å². The highest BCUT2D eigenvalue weighted by molar-refractivity contribution is 5.95. The summed E-state index contributed by atoms with van der Waals surface area (Å²) in [5.74, 6) is 1.00. The highest BCUT2D eigenvalue weighted by Gasteiger charge is 2.30. The molecule has 3 aromatic rings. The molecule has 2 N–H and O–H groups in total. The summed E-state index contributed by atoms with van der Waals surface area (Å²) in [4.78, 5) is 16.4. The number of benzene rings is 1. The quantitative estimate of drug-likeness (QED) is 0.561. The van der Waals surface area contributed by atoms with Crippen molar-refractivity contribution in [1.82, 2.24) is 20.2 Å². The maximum absolute atomic E-state index is 9.89. The lowest BCUT2D eigenvalue weighted by Gasteiger charge is -2.42. The van der Waals surface area contributed by atoms with Crippen LogP contribution in [0.4, 0.5) is 11.5 Å². The molecule has 3 unspecified atom stereocenters. The average molecular weight is 500 g/mol. The monoisotopic (exact) mass is 499 g/mol. The summed E-state index contributed by atoms with van der Waals surface area (Å²) in [6, 6.07) is 14.2. The molecule has 6 rings (SSSR count). The number of piperazine rings is 1. The number of pyridine rings is 2. The van der Waals surface area contributed by atoms with Gasteiger partial charge < -0.3 is 25.0 Å². The molecule has 2 fully saturated rings. The molecule has 2 aromatic heterocycles. The van der Waals surface area contributed by atoms with Crippen molar-refractivity contribution >= 4 is 22.4 Å². The van der Waals surface area contributed by atoms with E-state index in [4.69, 9.17) is 9.72 Å². The van der Waals surface area contributed by atoms with Crippen molar-refractivity contribution < 1.29 is 9.84 Å². The van der Waals surface area contributed by atoms with Gasteiger partial charge in [-0.2, -0.15) is 5.26 Å². The Morgan fingerprint density at radius 1 is 1.03 bits per heavy atom. The standard InChI is InChI=1S/C28H33N7O2/c1-18-15-35(25-6-3-20(13-29)28-23(25)5-8-27(36)32-28)17-21(37-18)16-33-9-11-34(12-10-33)26-7-4-22-19(2)30-14-24(22)31-26/h3-8,18-19,21,30H,9-12,14-17H2,1-2H3,(H,32,36). The molecule has 192 valence electrons. The van der Waals surface area contributed by atoms with Crippen LogP contribution in [0, 0.1) is 11.3 Å². The number of hydrogen-bond acceptors (Lipinski definition) is 9. The summed E-state index contributed by atoms with van der Waals surface area (Å²) in [5, 5.41) is 23.8. The number of nitrogens with zero attached hydrogens (tertiary/aromatic N) is 6. The first-order valence-electron chi connectivity index (χ1n) is 13.1. The number of rotatable bonds is 4. The predicted octanol–water partition coefficient (Wildman–Crippen LogP) is 2.79. The molecule has 0 amide bonds.